The topological polar surface area (TPSA) is 103 Å². The van der Waals surface area contributed by atoms with E-state index in [0.717, 1.165) is 0 Å². The van der Waals surface area contributed by atoms with Crippen molar-refractivity contribution >= 4 is 38.9 Å². The van der Waals surface area contributed by atoms with Crippen molar-refractivity contribution in [1.82, 2.24) is 0 Å². The Morgan fingerprint density at radius 2 is 1.52 bits per heavy atom. The normalized spacial score (nSPS) is 10.9. The minimum Gasteiger partial charge on any atom is -0.493 e. The Kier molecular flexibility index (Phi) is 7.67. The van der Waals surface area contributed by atoms with Crippen LogP contribution in [-0.2, 0) is 14.8 Å². The zero-order valence-electron chi connectivity index (χ0n) is 18.2. The minimum atomic E-state index is -3.80. The van der Waals surface area contributed by atoms with Crippen LogP contribution in [0.2, 0.25) is 5.02 Å². The summed E-state index contributed by atoms with van der Waals surface area (Å²) in [5.41, 5.74) is 1.48. The van der Waals surface area contributed by atoms with Crippen molar-refractivity contribution in [3.63, 3.8) is 0 Å². The fourth-order valence-corrected chi connectivity index (χ4v) is 4.21. The molecular formula is C23H23ClN2O6S. The van der Waals surface area contributed by atoms with E-state index in [9.17, 15) is 13.2 Å². The molecule has 0 aliphatic rings. The maximum absolute atomic E-state index is 12.6. The van der Waals surface area contributed by atoms with E-state index in [1.54, 1.807) is 49.4 Å². The lowest BCUT2D eigenvalue weighted by molar-refractivity contribution is -0.118. The van der Waals surface area contributed by atoms with Gasteiger partial charge in [0.05, 0.1) is 19.1 Å². The number of anilines is 2. The molecule has 8 nitrogen and oxygen atoms in total. The third-order valence-corrected chi connectivity index (χ3v) is 6.21. The lowest BCUT2D eigenvalue weighted by Gasteiger charge is -2.13. The molecule has 0 fully saturated rings. The van der Waals surface area contributed by atoms with Gasteiger partial charge in [-0.2, -0.15) is 0 Å². The molecule has 0 aliphatic heterocycles. The van der Waals surface area contributed by atoms with Gasteiger partial charge in [-0.25, -0.2) is 8.42 Å². The summed E-state index contributed by atoms with van der Waals surface area (Å²) in [7, 11) is -0.771. The average Bonchev–Trinajstić information content (AvgIpc) is 2.79. The zero-order valence-corrected chi connectivity index (χ0v) is 19.8. The molecule has 10 heteroatoms. The number of carbonyl (C=O) groups excluding carboxylic acids is 1. The van der Waals surface area contributed by atoms with Crippen LogP contribution >= 0.6 is 11.6 Å². The smallest absolute Gasteiger partial charge is 0.262 e. The summed E-state index contributed by atoms with van der Waals surface area (Å²) < 4.78 is 43.8. The molecule has 0 aliphatic carbocycles. The van der Waals surface area contributed by atoms with E-state index in [1.165, 1.54) is 32.4 Å². The lowest BCUT2D eigenvalue weighted by atomic mass is 10.2. The van der Waals surface area contributed by atoms with Crippen LogP contribution in [-0.4, -0.2) is 35.2 Å². The van der Waals surface area contributed by atoms with Crippen LogP contribution in [0.4, 0.5) is 11.4 Å². The van der Waals surface area contributed by atoms with E-state index in [1.807, 2.05) is 0 Å². The highest BCUT2D eigenvalue weighted by atomic mass is 35.5. The van der Waals surface area contributed by atoms with Gasteiger partial charge in [-0.05, 0) is 67.1 Å². The number of carbonyl (C=O) groups is 1. The molecule has 0 saturated carbocycles. The summed E-state index contributed by atoms with van der Waals surface area (Å²) in [4.78, 5) is 12.3. The molecule has 0 atom stereocenters. The summed E-state index contributed by atoms with van der Waals surface area (Å²) in [5, 5.41) is 3.21. The molecule has 0 heterocycles. The summed E-state index contributed by atoms with van der Waals surface area (Å²) in [5.74, 6) is 1.03. The van der Waals surface area contributed by atoms with Gasteiger partial charge in [0.15, 0.2) is 18.1 Å². The van der Waals surface area contributed by atoms with Crippen molar-refractivity contribution in [2.45, 2.75) is 11.8 Å². The number of hydrogen-bond donors (Lipinski definition) is 2. The van der Waals surface area contributed by atoms with Gasteiger partial charge in [-0.3, -0.25) is 9.52 Å². The first-order valence-electron chi connectivity index (χ1n) is 9.75. The van der Waals surface area contributed by atoms with Gasteiger partial charge in [0.1, 0.15) is 5.75 Å². The minimum absolute atomic E-state index is 0.0667. The fraction of sp³-hybridized carbons (Fsp3) is 0.174. The Bertz CT molecular complexity index is 1250. The van der Waals surface area contributed by atoms with Crippen molar-refractivity contribution < 1.29 is 27.4 Å². The molecule has 1 amide bonds. The number of halogens is 1. The number of hydrogen-bond acceptors (Lipinski definition) is 6. The molecule has 0 unspecified atom stereocenters. The SMILES string of the molecule is COc1ccc(NC(=O)COc2ccc(S(=O)(=O)Nc3ccc(Cl)cc3)cc2C)cc1OC. The fourth-order valence-electron chi connectivity index (χ4n) is 2.94. The second-order valence-electron chi connectivity index (χ2n) is 6.95. The van der Waals surface area contributed by atoms with Crippen molar-refractivity contribution in [2.24, 2.45) is 0 Å². The van der Waals surface area contributed by atoms with E-state index in [0.29, 0.717) is 39.2 Å². The van der Waals surface area contributed by atoms with E-state index in [-0.39, 0.29) is 17.4 Å². The van der Waals surface area contributed by atoms with Crippen LogP contribution in [0.15, 0.2) is 65.6 Å². The maximum Gasteiger partial charge on any atom is 0.262 e. The van der Waals surface area contributed by atoms with Crippen molar-refractivity contribution in [1.29, 1.82) is 0 Å². The Labute approximate surface area is 197 Å². The third-order valence-electron chi connectivity index (χ3n) is 4.58. The maximum atomic E-state index is 12.6. The molecule has 0 aromatic heterocycles. The third kappa shape index (κ3) is 6.30. The Hall–Kier alpha value is -3.43. The van der Waals surface area contributed by atoms with Crippen LogP contribution in [0.25, 0.3) is 0 Å². The predicted molar refractivity (Wildman–Crippen MR) is 127 cm³/mol. The van der Waals surface area contributed by atoms with E-state index >= 15 is 0 Å². The van der Waals surface area contributed by atoms with Crippen LogP contribution in [0, 0.1) is 6.92 Å². The number of aryl methyl sites for hydroxylation is 1. The van der Waals surface area contributed by atoms with Crippen molar-refractivity contribution in [3.05, 3.63) is 71.2 Å². The molecule has 2 N–H and O–H groups in total. The molecule has 3 aromatic rings. The average molecular weight is 491 g/mol. The molecule has 0 radical (unpaired) electrons. The summed E-state index contributed by atoms with van der Waals surface area (Å²) >= 11 is 5.83. The van der Waals surface area contributed by atoms with E-state index in [4.69, 9.17) is 25.8 Å². The number of nitrogens with one attached hydrogen (secondary N) is 2. The van der Waals surface area contributed by atoms with Gasteiger partial charge >= 0.3 is 0 Å². The number of rotatable bonds is 9. The second kappa shape index (κ2) is 10.5. The highest BCUT2D eigenvalue weighted by Gasteiger charge is 2.16. The van der Waals surface area contributed by atoms with E-state index < -0.39 is 10.0 Å². The van der Waals surface area contributed by atoms with Crippen LogP contribution in [0.1, 0.15) is 5.56 Å². The molecule has 0 saturated heterocycles. The van der Waals surface area contributed by atoms with Crippen molar-refractivity contribution in [3.8, 4) is 17.2 Å². The highest BCUT2D eigenvalue weighted by molar-refractivity contribution is 7.92. The van der Waals surface area contributed by atoms with Gasteiger partial charge in [0.2, 0.25) is 0 Å². The monoisotopic (exact) mass is 490 g/mol. The lowest BCUT2D eigenvalue weighted by Crippen LogP contribution is -2.20. The first-order valence-corrected chi connectivity index (χ1v) is 11.6. The van der Waals surface area contributed by atoms with E-state index in [2.05, 4.69) is 10.0 Å². The number of benzene rings is 3. The predicted octanol–water partition coefficient (Wildman–Crippen LogP) is 4.48. The molecule has 3 rings (SSSR count). The number of methoxy groups -OCH3 is 2. The summed E-state index contributed by atoms with van der Waals surface area (Å²) in [6.07, 6.45) is 0. The van der Waals surface area contributed by atoms with Gasteiger partial charge < -0.3 is 19.5 Å². The Morgan fingerprint density at radius 1 is 0.879 bits per heavy atom. The van der Waals surface area contributed by atoms with Gasteiger partial charge in [-0.15, -0.1) is 0 Å². The zero-order chi connectivity index (χ0) is 24.0. The first-order chi connectivity index (χ1) is 15.7. The highest BCUT2D eigenvalue weighted by Crippen LogP contribution is 2.30. The molecule has 174 valence electrons. The molecule has 33 heavy (non-hydrogen) atoms. The van der Waals surface area contributed by atoms with Crippen LogP contribution < -0.4 is 24.2 Å². The largest absolute Gasteiger partial charge is 0.493 e. The number of ether oxygens (including phenoxy) is 3. The molecular weight excluding hydrogens is 468 g/mol. The summed E-state index contributed by atoms with van der Waals surface area (Å²) in [6, 6.07) is 15.7. The van der Waals surface area contributed by atoms with Crippen LogP contribution in [0.3, 0.4) is 0 Å². The standard InChI is InChI=1S/C23H23ClN2O6S/c1-15-12-19(33(28,29)26-17-6-4-16(24)5-7-17)9-11-20(15)32-14-23(27)25-18-8-10-21(30-2)22(13-18)31-3/h4-13,26H,14H2,1-3H3,(H,25,27). The quantitative estimate of drug-likeness (QED) is 0.458. The van der Waals surface area contributed by atoms with Crippen LogP contribution in [0.5, 0.6) is 17.2 Å². The van der Waals surface area contributed by atoms with Crippen molar-refractivity contribution in [2.75, 3.05) is 30.9 Å². The Morgan fingerprint density at radius 3 is 2.15 bits per heavy atom. The Balaban J connectivity index is 1.63. The number of sulfonamides is 1. The molecule has 0 bridgehead atoms. The molecule has 0 spiro atoms. The summed E-state index contributed by atoms with van der Waals surface area (Å²) in [6.45, 7) is 1.44. The first kappa shape index (κ1) is 24.2. The van der Waals surface area contributed by atoms with Gasteiger partial charge in [0, 0.05) is 22.5 Å². The van der Waals surface area contributed by atoms with Gasteiger partial charge in [-0.1, -0.05) is 11.6 Å². The second-order valence-corrected chi connectivity index (χ2v) is 9.07. The molecule has 3 aromatic carbocycles. The number of amides is 1. The van der Waals surface area contributed by atoms with Gasteiger partial charge in [0.25, 0.3) is 15.9 Å².